The van der Waals surface area contributed by atoms with Gasteiger partial charge in [0.05, 0.1) is 29.6 Å². The summed E-state index contributed by atoms with van der Waals surface area (Å²) in [7, 11) is 1.58. The molecule has 3 aromatic rings. The summed E-state index contributed by atoms with van der Waals surface area (Å²) >= 11 is 0. The molecule has 2 heterocycles. The van der Waals surface area contributed by atoms with Gasteiger partial charge in [0, 0.05) is 13.1 Å². The molecule has 5 heteroatoms. The van der Waals surface area contributed by atoms with E-state index in [9.17, 15) is 4.79 Å². The van der Waals surface area contributed by atoms with Crippen LogP contribution in [0.4, 0.5) is 0 Å². The Bertz CT molecular complexity index is 832. The van der Waals surface area contributed by atoms with E-state index in [1.807, 2.05) is 47.4 Å². The molecule has 1 aliphatic rings. The lowest BCUT2D eigenvalue weighted by molar-refractivity contribution is 0.0592. The van der Waals surface area contributed by atoms with Crippen LogP contribution in [0.15, 0.2) is 48.5 Å². The number of ether oxygens (including phenoxy) is 1. The summed E-state index contributed by atoms with van der Waals surface area (Å²) < 4.78 is 5.27. The monoisotopic (exact) mass is 307 g/mol. The molecule has 1 fully saturated rings. The summed E-state index contributed by atoms with van der Waals surface area (Å²) in [5.74, 6) is 1.84. The maximum absolute atomic E-state index is 12.6. The number of nitrogens with one attached hydrogen (secondary N) is 1. The third-order valence-corrected chi connectivity index (χ3v) is 4.30. The molecule has 0 aliphatic carbocycles. The van der Waals surface area contributed by atoms with E-state index < -0.39 is 0 Å². The number of rotatable bonds is 3. The van der Waals surface area contributed by atoms with Crippen molar-refractivity contribution < 1.29 is 9.53 Å². The van der Waals surface area contributed by atoms with Crippen LogP contribution in [0.3, 0.4) is 0 Å². The molecule has 0 saturated carbocycles. The van der Waals surface area contributed by atoms with Gasteiger partial charge in [-0.2, -0.15) is 0 Å². The van der Waals surface area contributed by atoms with Gasteiger partial charge in [0.25, 0.3) is 5.91 Å². The Morgan fingerprint density at radius 1 is 1.17 bits per heavy atom. The number of hydrogen-bond acceptors (Lipinski definition) is 3. The third-order valence-electron chi connectivity index (χ3n) is 4.30. The van der Waals surface area contributed by atoms with Crippen molar-refractivity contribution in [3.8, 4) is 5.75 Å². The van der Waals surface area contributed by atoms with Gasteiger partial charge in [0.2, 0.25) is 0 Å². The van der Waals surface area contributed by atoms with Crippen molar-refractivity contribution in [1.82, 2.24) is 14.9 Å². The number of amides is 1. The Balaban J connectivity index is 1.49. The molecule has 116 valence electrons. The second-order valence-electron chi connectivity index (χ2n) is 5.75. The van der Waals surface area contributed by atoms with Crippen LogP contribution < -0.4 is 4.74 Å². The molecular formula is C18H17N3O2. The lowest BCUT2D eigenvalue weighted by atomic mass is 9.98. The van der Waals surface area contributed by atoms with E-state index in [1.165, 1.54) is 0 Å². The van der Waals surface area contributed by atoms with E-state index >= 15 is 0 Å². The average molecular weight is 307 g/mol. The number of carbonyl (C=O) groups excluding carboxylic acids is 1. The van der Waals surface area contributed by atoms with Crippen molar-refractivity contribution in [3.05, 3.63) is 59.9 Å². The molecule has 1 aromatic heterocycles. The molecule has 23 heavy (non-hydrogen) atoms. The minimum atomic E-state index is 0.00908. The summed E-state index contributed by atoms with van der Waals surface area (Å²) in [6.45, 7) is 1.35. The minimum Gasteiger partial charge on any atom is -0.496 e. The smallest absolute Gasteiger partial charge is 0.257 e. The Morgan fingerprint density at radius 2 is 1.91 bits per heavy atom. The molecule has 1 saturated heterocycles. The summed E-state index contributed by atoms with van der Waals surface area (Å²) in [5.41, 5.74) is 2.62. The van der Waals surface area contributed by atoms with Gasteiger partial charge in [-0.25, -0.2) is 4.98 Å². The quantitative estimate of drug-likeness (QED) is 0.809. The van der Waals surface area contributed by atoms with Gasteiger partial charge in [-0.1, -0.05) is 24.3 Å². The molecule has 1 N–H and O–H groups in total. The fourth-order valence-electron chi connectivity index (χ4n) is 2.97. The van der Waals surface area contributed by atoms with E-state index in [-0.39, 0.29) is 11.8 Å². The fourth-order valence-corrected chi connectivity index (χ4v) is 2.97. The van der Waals surface area contributed by atoms with Crippen LogP contribution in [0.2, 0.25) is 0 Å². The van der Waals surface area contributed by atoms with Crippen molar-refractivity contribution in [2.75, 3.05) is 20.2 Å². The fraction of sp³-hybridized carbons (Fsp3) is 0.222. The average Bonchev–Trinajstić information content (AvgIpc) is 2.96. The van der Waals surface area contributed by atoms with Gasteiger partial charge >= 0.3 is 0 Å². The van der Waals surface area contributed by atoms with E-state index in [1.54, 1.807) is 13.2 Å². The maximum Gasteiger partial charge on any atom is 0.257 e. The zero-order valence-corrected chi connectivity index (χ0v) is 12.8. The second kappa shape index (κ2) is 5.43. The summed E-state index contributed by atoms with van der Waals surface area (Å²) in [6.07, 6.45) is 0. The molecule has 4 rings (SSSR count). The molecule has 0 radical (unpaired) electrons. The van der Waals surface area contributed by atoms with Crippen LogP contribution in [-0.4, -0.2) is 41.0 Å². The Morgan fingerprint density at radius 3 is 2.70 bits per heavy atom. The predicted molar refractivity (Wildman–Crippen MR) is 87.7 cm³/mol. The molecule has 5 nitrogen and oxygen atoms in total. The lowest BCUT2D eigenvalue weighted by Crippen LogP contribution is -2.48. The minimum absolute atomic E-state index is 0.00908. The summed E-state index contributed by atoms with van der Waals surface area (Å²) in [4.78, 5) is 22.4. The molecule has 0 atom stereocenters. The highest BCUT2D eigenvalue weighted by atomic mass is 16.5. The van der Waals surface area contributed by atoms with Crippen LogP contribution in [0.1, 0.15) is 22.1 Å². The first kappa shape index (κ1) is 13.8. The van der Waals surface area contributed by atoms with Crippen LogP contribution >= 0.6 is 0 Å². The number of methoxy groups -OCH3 is 1. The number of likely N-dealkylation sites (tertiary alicyclic amines) is 1. The van der Waals surface area contributed by atoms with Crippen molar-refractivity contribution in [1.29, 1.82) is 0 Å². The molecular weight excluding hydrogens is 290 g/mol. The summed E-state index contributed by atoms with van der Waals surface area (Å²) in [6, 6.07) is 15.3. The number of nitrogens with zero attached hydrogens (tertiary/aromatic N) is 2. The molecule has 0 spiro atoms. The van der Waals surface area contributed by atoms with E-state index in [2.05, 4.69) is 9.97 Å². The molecule has 2 aromatic carbocycles. The predicted octanol–water partition coefficient (Wildman–Crippen LogP) is 2.81. The first-order valence-electron chi connectivity index (χ1n) is 7.63. The van der Waals surface area contributed by atoms with Crippen molar-refractivity contribution in [2.24, 2.45) is 0 Å². The van der Waals surface area contributed by atoms with Gasteiger partial charge in [0.1, 0.15) is 11.6 Å². The van der Waals surface area contributed by atoms with Gasteiger partial charge in [-0.15, -0.1) is 0 Å². The van der Waals surface area contributed by atoms with Crippen LogP contribution in [0.5, 0.6) is 5.75 Å². The van der Waals surface area contributed by atoms with E-state index in [0.717, 1.165) is 16.9 Å². The third kappa shape index (κ3) is 2.34. The Labute approximate surface area is 133 Å². The van der Waals surface area contributed by atoms with E-state index in [4.69, 9.17) is 4.74 Å². The topological polar surface area (TPSA) is 58.2 Å². The second-order valence-corrected chi connectivity index (χ2v) is 5.75. The van der Waals surface area contributed by atoms with Gasteiger partial charge in [-0.05, 0) is 24.3 Å². The zero-order valence-electron chi connectivity index (χ0n) is 12.8. The van der Waals surface area contributed by atoms with Gasteiger partial charge < -0.3 is 14.6 Å². The van der Waals surface area contributed by atoms with Crippen molar-refractivity contribution in [3.63, 3.8) is 0 Å². The van der Waals surface area contributed by atoms with Crippen LogP contribution in [-0.2, 0) is 0 Å². The number of carbonyl (C=O) groups is 1. The van der Waals surface area contributed by atoms with Crippen molar-refractivity contribution in [2.45, 2.75) is 5.92 Å². The number of hydrogen-bond donors (Lipinski definition) is 1. The zero-order chi connectivity index (χ0) is 15.8. The highest BCUT2D eigenvalue weighted by Crippen LogP contribution is 2.29. The molecule has 1 aliphatic heterocycles. The van der Waals surface area contributed by atoms with Crippen molar-refractivity contribution >= 4 is 16.9 Å². The largest absolute Gasteiger partial charge is 0.496 e. The summed E-state index contributed by atoms with van der Waals surface area (Å²) in [5, 5.41) is 0. The maximum atomic E-state index is 12.6. The Kier molecular flexibility index (Phi) is 3.26. The lowest BCUT2D eigenvalue weighted by Gasteiger charge is -2.38. The molecule has 1 amide bonds. The number of H-pyrrole nitrogens is 1. The van der Waals surface area contributed by atoms with E-state index in [0.29, 0.717) is 24.4 Å². The standard InChI is InChI=1S/C18H17N3O2/c1-23-16-9-5-2-6-13(16)18(22)21-10-12(11-21)17-19-14-7-3-4-8-15(14)20-17/h2-9,12H,10-11H2,1H3,(H,19,20). The highest BCUT2D eigenvalue weighted by molar-refractivity contribution is 5.97. The molecule has 0 bridgehead atoms. The number of benzene rings is 2. The first-order valence-corrected chi connectivity index (χ1v) is 7.63. The first-order chi connectivity index (χ1) is 11.3. The number of imidazole rings is 1. The van der Waals surface area contributed by atoms with Gasteiger partial charge in [-0.3, -0.25) is 4.79 Å². The normalized spacial score (nSPS) is 14.7. The SMILES string of the molecule is COc1ccccc1C(=O)N1CC(c2nc3ccccc3[nH]2)C1. The van der Waals surface area contributed by atoms with Crippen LogP contribution in [0.25, 0.3) is 11.0 Å². The number of aromatic amines is 1. The Hall–Kier alpha value is -2.82. The van der Waals surface area contributed by atoms with Gasteiger partial charge in [0.15, 0.2) is 0 Å². The number of para-hydroxylation sites is 3. The number of aromatic nitrogens is 2. The highest BCUT2D eigenvalue weighted by Gasteiger charge is 2.35. The molecule has 0 unspecified atom stereocenters. The van der Waals surface area contributed by atoms with Crippen LogP contribution in [0, 0.1) is 0 Å². The number of fused-ring (bicyclic) bond motifs is 1.